The van der Waals surface area contributed by atoms with E-state index in [0.717, 1.165) is 46.0 Å². The topological polar surface area (TPSA) is 39.2 Å². The van der Waals surface area contributed by atoms with Crippen LogP contribution >= 0.6 is 35.0 Å². The first-order valence-electron chi connectivity index (χ1n) is 13.6. The van der Waals surface area contributed by atoms with Gasteiger partial charge in [0.1, 0.15) is 10.4 Å². The predicted octanol–water partition coefficient (Wildman–Crippen LogP) is 6.93. The molecule has 6 rings (SSSR count). The monoisotopic (exact) mass is 568 g/mol. The summed E-state index contributed by atoms with van der Waals surface area (Å²) in [5.41, 5.74) is 2.71. The highest BCUT2D eigenvalue weighted by atomic mass is 35.5. The van der Waals surface area contributed by atoms with Crippen LogP contribution in [0.3, 0.4) is 0 Å². The van der Waals surface area contributed by atoms with Crippen molar-refractivity contribution in [3.05, 3.63) is 80.3 Å². The third-order valence-electron chi connectivity index (χ3n) is 8.36. The molecule has 2 aromatic carbocycles. The number of benzene rings is 2. The zero-order valence-corrected chi connectivity index (χ0v) is 24.7. The van der Waals surface area contributed by atoms with Gasteiger partial charge in [-0.3, -0.25) is 9.69 Å². The molecule has 1 saturated heterocycles. The van der Waals surface area contributed by atoms with Crippen LogP contribution in [0.4, 0.5) is 0 Å². The van der Waals surface area contributed by atoms with Crippen molar-refractivity contribution in [1.82, 2.24) is 14.7 Å². The molecule has 4 aliphatic rings. The van der Waals surface area contributed by atoms with E-state index < -0.39 is 5.54 Å². The number of halogens is 2. The van der Waals surface area contributed by atoms with Crippen molar-refractivity contribution < 1.29 is 4.79 Å². The third kappa shape index (κ3) is 4.38. The number of allylic oxidation sites excluding steroid dienone is 1. The van der Waals surface area contributed by atoms with Gasteiger partial charge in [0.15, 0.2) is 5.17 Å². The summed E-state index contributed by atoms with van der Waals surface area (Å²) in [4.78, 5) is 27.2. The summed E-state index contributed by atoms with van der Waals surface area (Å²) < 4.78 is 0. The van der Waals surface area contributed by atoms with E-state index in [9.17, 15) is 4.79 Å². The molecule has 0 spiro atoms. The fourth-order valence-electron chi connectivity index (χ4n) is 6.19. The van der Waals surface area contributed by atoms with Gasteiger partial charge >= 0.3 is 0 Å². The smallest absolute Gasteiger partial charge is 0.262 e. The van der Waals surface area contributed by atoms with E-state index in [2.05, 4.69) is 66.7 Å². The fraction of sp³-hybridized carbons (Fsp3) is 0.467. The quantitative estimate of drug-likeness (QED) is 0.363. The van der Waals surface area contributed by atoms with Crippen LogP contribution in [0.25, 0.3) is 0 Å². The zero-order valence-electron chi connectivity index (χ0n) is 22.3. The summed E-state index contributed by atoms with van der Waals surface area (Å²) in [6.07, 6.45) is 2.61. The first-order valence-corrected chi connectivity index (χ1v) is 15.2. The molecule has 0 unspecified atom stereocenters. The van der Waals surface area contributed by atoms with Crippen molar-refractivity contribution in [3.63, 3.8) is 0 Å². The predicted molar refractivity (Wildman–Crippen MR) is 157 cm³/mol. The number of rotatable bonds is 7. The van der Waals surface area contributed by atoms with Gasteiger partial charge in [-0.05, 0) is 79.8 Å². The minimum Gasteiger partial charge on any atom is -0.333 e. The Labute approximate surface area is 239 Å². The number of carbonyl (C=O) groups excluding carboxylic acids is 1. The summed E-state index contributed by atoms with van der Waals surface area (Å²) in [5, 5.41) is 2.29. The number of amidine groups is 1. The van der Waals surface area contributed by atoms with Gasteiger partial charge in [-0.25, -0.2) is 4.99 Å². The molecule has 3 heterocycles. The van der Waals surface area contributed by atoms with Crippen LogP contribution in [-0.2, 0) is 10.3 Å². The maximum atomic E-state index is 14.1. The first kappa shape index (κ1) is 26.2. The molecule has 200 valence electrons. The molecule has 3 aliphatic heterocycles. The van der Waals surface area contributed by atoms with Gasteiger partial charge in [0.05, 0.1) is 12.1 Å². The number of aliphatic imine (C=N–C) groups is 1. The molecule has 0 radical (unpaired) electrons. The Balaban J connectivity index is 1.39. The SMILES string of the molecule is CCN(C(=O)C1=C(C(C)C)N2C(=N[C@@](C)(c3ccc(Cl)cc3)[C@H]2c2ccc(Cl)cc2)S1)C1CN(C2CC2)C1. The Kier molecular flexibility index (Phi) is 6.83. The van der Waals surface area contributed by atoms with E-state index in [1.807, 2.05) is 24.3 Å². The van der Waals surface area contributed by atoms with E-state index in [1.165, 1.54) is 12.8 Å². The van der Waals surface area contributed by atoms with Crippen LogP contribution in [0.5, 0.6) is 0 Å². The molecule has 2 fully saturated rings. The van der Waals surface area contributed by atoms with E-state index >= 15 is 0 Å². The summed E-state index contributed by atoms with van der Waals surface area (Å²) in [6.45, 7) is 11.3. The Hall–Kier alpha value is -1.99. The average Bonchev–Trinajstić information content (AvgIpc) is 3.56. The van der Waals surface area contributed by atoms with Crippen LogP contribution in [0.15, 0.2) is 64.1 Å². The number of likely N-dealkylation sites (tertiary alicyclic amines) is 1. The van der Waals surface area contributed by atoms with Gasteiger partial charge in [-0.1, -0.05) is 61.3 Å². The second kappa shape index (κ2) is 9.88. The molecule has 1 amide bonds. The van der Waals surface area contributed by atoms with Crippen molar-refractivity contribution in [2.24, 2.45) is 10.9 Å². The van der Waals surface area contributed by atoms with E-state index in [-0.39, 0.29) is 17.9 Å². The molecule has 0 aromatic heterocycles. The van der Waals surface area contributed by atoms with Crippen LogP contribution in [0.2, 0.25) is 10.0 Å². The molecule has 1 saturated carbocycles. The molecule has 1 aliphatic carbocycles. The summed E-state index contributed by atoms with van der Waals surface area (Å²) in [6, 6.07) is 16.9. The minimum absolute atomic E-state index is 0.115. The van der Waals surface area contributed by atoms with Crippen molar-refractivity contribution in [2.75, 3.05) is 19.6 Å². The number of amides is 1. The molecular weight excluding hydrogens is 535 g/mol. The van der Waals surface area contributed by atoms with Crippen LogP contribution in [0, 0.1) is 5.92 Å². The first-order chi connectivity index (χ1) is 18.2. The van der Waals surface area contributed by atoms with Gasteiger partial charge in [0, 0.05) is 41.4 Å². The van der Waals surface area contributed by atoms with Crippen molar-refractivity contribution >= 4 is 46.0 Å². The standard InChI is InChI=1S/C30H34Cl2N4OS/c1-5-35(24-16-34(17-24)23-14-15-23)28(37)26-25(18(2)3)36-27(19-6-10-21(31)11-7-19)30(4,33-29(36)38-26)20-8-12-22(32)13-9-20/h6-13,18,23-24,27H,5,14-17H2,1-4H3/t27-,30+/m1/s1. The summed E-state index contributed by atoms with van der Waals surface area (Å²) in [5.74, 6) is 0.293. The Morgan fingerprint density at radius 3 is 2.24 bits per heavy atom. The second-order valence-corrected chi connectivity index (χ2v) is 13.1. The molecule has 0 bridgehead atoms. The molecule has 5 nitrogen and oxygen atoms in total. The van der Waals surface area contributed by atoms with Crippen molar-refractivity contribution in [3.8, 4) is 0 Å². The zero-order chi connectivity index (χ0) is 26.8. The molecule has 8 heteroatoms. The molecule has 2 atom stereocenters. The highest BCUT2D eigenvalue weighted by Gasteiger charge is 2.54. The van der Waals surface area contributed by atoms with Gasteiger partial charge in [0.25, 0.3) is 5.91 Å². The van der Waals surface area contributed by atoms with Crippen molar-refractivity contribution in [1.29, 1.82) is 0 Å². The molecule has 38 heavy (non-hydrogen) atoms. The minimum atomic E-state index is -0.557. The highest BCUT2D eigenvalue weighted by Crippen LogP contribution is 2.56. The van der Waals surface area contributed by atoms with E-state index in [0.29, 0.717) is 22.6 Å². The molecule has 2 aromatic rings. The average molecular weight is 570 g/mol. The fourth-order valence-corrected chi connectivity index (χ4v) is 7.80. The lowest BCUT2D eigenvalue weighted by molar-refractivity contribution is -0.132. The largest absolute Gasteiger partial charge is 0.333 e. The van der Waals surface area contributed by atoms with Gasteiger partial charge < -0.3 is 9.80 Å². The second-order valence-electron chi connectivity index (χ2n) is 11.3. The van der Waals surface area contributed by atoms with Crippen LogP contribution in [0.1, 0.15) is 57.7 Å². The summed E-state index contributed by atoms with van der Waals surface area (Å²) in [7, 11) is 0. The van der Waals surface area contributed by atoms with E-state index in [1.54, 1.807) is 11.8 Å². The maximum absolute atomic E-state index is 14.1. The Morgan fingerprint density at radius 2 is 1.68 bits per heavy atom. The van der Waals surface area contributed by atoms with Gasteiger partial charge in [-0.2, -0.15) is 0 Å². The number of nitrogens with zero attached hydrogens (tertiary/aromatic N) is 4. The summed E-state index contributed by atoms with van der Waals surface area (Å²) >= 11 is 14.1. The van der Waals surface area contributed by atoms with E-state index in [4.69, 9.17) is 28.2 Å². The number of hydrogen-bond acceptors (Lipinski definition) is 5. The van der Waals surface area contributed by atoms with Gasteiger partial charge in [-0.15, -0.1) is 0 Å². The maximum Gasteiger partial charge on any atom is 0.262 e. The molecular formula is C30H34Cl2N4OS. The lowest BCUT2D eigenvalue weighted by Gasteiger charge is -2.45. The third-order valence-corrected chi connectivity index (χ3v) is 9.92. The normalized spacial score (nSPS) is 25.6. The van der Waals surface area contributed by atoms with Crippen LogP contribution in [-0.4, -0.2) is 57.5 Å². The lowest BCUT2D eigenvalue weighted by Crippen LogP contribution is -2.61. The molecule has 0 N–H and O–H groups in total. The van der Waals surface area contributed by atoms with Crippen molar-refractivity contribution in [2.45, 2.75) is 64.2 Å². The highest BCUT2D eigenvalue weighted by molar-refractivity contribution is 8.18. The number of thioether (sulfide) groups is 1. The lowest BCUT2D eigenvalue weighted by atomic mass is 9.81. The van der Waals surface area contributed by atoms with Crippen LogP contribution < -0.4 is 0 Å². The Bertz CT molecular complexity index is 1300. The number of likely N-dealkylation sites (N-methyl/N-ethyl adjacent to an activating group) is 1. The number of hydrogen-bond donors (Lipinski definition) is 0. The van der Waals surface area contributed by atoms with Gasteiger partial charge in [0.2, 0.25) is 0 Å². The number of carbonyl (C=O) groups is 1. The number of fused-ring (bicyclic) bond motifs is 1. The Morgan fingerprint density at radius 1 is 1.08 bits per heavy atom.